The molecule has 0 saturated carbocycles. The number of nitrogens with zero attached hydrogens (tertiary/aromatic N) is 1. The Kier molecular flexibility index (Phi) is 6.87. The molecule has 2 rings (SSSR count). The minimum Gasteiger partial charge on any atom is -0.443 e. The van der Waals surface area contributed by atoms with Crippen LogP contribution >= 0.6 is 0 Å². The molecule has 2 aromatic rings. The van der Waals surface area contributed by atoms with E-state index < -0.39 is 12.1 Å². The molecular formula is C19H22N4O3. The van der Waals surface area contributed by atoms with Crippen LogP contribution in [-0.2, 0) is 22.7 Å². The van der Waals surface area contributed by atoms with Gasteiger partial charge in [-0.05, 0) is 18.1 Å². The smallest absolute Gasteiger partial charge is 0.435 e. The summed E-state index contributed by atoms with van der Waals surface area (Å²) < 4.78 is 5.07. The van der Waals surface area contributed by atoms with Gasteiger partial charge in [0.2, 0.25) is 5.91 Å². The van der Waals surface area contributed by atoms with Gasteiger partial charge in [0.05, 0.1) is 6.04 Å². The zero-order valence-electron chi connectivity index (χ0n) is 14.5. The van der Waals surface area contributed by atoms with Crippen molar-refractivity contribution in [3.05, 3.63) is 71.3 Å². The monoisotopic (exact) mass is 354 g/mol. The maximum atomic E-state index is 11.8. The lowest BCUT2D eigenvalue weighted by Gasteiger charge is -2.08. The van der Waals surface area contributed by atoms with Crippen molar-refractivity contribution in [1.29, 1.82) is 0 Å². The van der Waals surface area contributed by atoms with E-state index in [0.717, 1.165) is 11.1 Å². The van der Waals surface area contributed by atoms with Crippen molar-refractivity contribution in [2.24, 2.45) is 16.5 Å². The quantitative estimate of drug-likeness (QED) is 0.539. The van der Waals surface area contributed by atoms with E-state index in [1.165, 1.54) is 0 Å². The number of aliphatic imine (C=N–C) groups is 1. The Bertz CT molecular complexity index is 771. The minimum absolute atomic E-state index is 0.0641. The van der Waals surface area contributed by atoms with Gasteiger partial charge in [0, 0.05) is 12.1 Å². The Balaban J connectivity index is 1.89. The first-order chi connectivity index (χ1) is 12.5. The maximum Gasteiger partial charge on any atom is 0.435 e. The Hall–Kier alpha value is -3.19. The average molecular weight is 354 g/mol. The predicted molar refractivity (Wildman–Crippen MR) is 99.3 cm³/mol. The van der Waals surface area contributed by atoms with Crippen LogP contribution in [0.15, 0.2) is 59.6 Å². The van der Waals surface area contributed by atoms with Crippen LogP contribution in [-0.4, -0.2) is 23.9 Å². The summed E-state index contributed by atoms with van der Waals surface area (Å²) in [5, 5.41) is 2.71. The van der Waals surface area contributed by atoms with Crippen LogP contribution in [0.3, 0.4) is 0 Å². The molecule has 0 saturated heterocycles. The van der Waals surface area contributed by atoms with E-state index in [0.29, 0.717) is 12.1 Å². The molecule has 0 heterocycles. The fourth-order valence-corrected chi connectivity index (χ4v) is 2.06. The van der Waals surface area contributed by atoms with Crippen molar-refractivity contribution in [2.45, 2.75) is 26.1 Å². The minimum atomic E-state index is -0.750. The second kappa shape index (κ2) is 9.33. The molecule has 2 amide bonds. The van der Waals surface area contributed by atoms with E-state index in [-0.39, 0.29) is 18.3 Å². The summed E-state index contributed by atoms with van der Waals surface area (Å²) in [5.74, 6) is -0.162. The van der Waals surface area contributed by atoms with Crippen LogP contribution in [0.2, 0.25) is 0 Å². The van der Waals surface area contributed by atoms with Gasteiger partial charge in [-0.25, -0.2) is 4.79 Å². The van der Waals surface area contributed by atoms with Crippen molar-refractivity contribution in [3.8, 4) is 0 Å². The molecular weight excluding hydrogens is 332 g/mol. The van der Waals surface area contributed by atoms with Gasteiger partial charge in [-0.2, -0.15) is 4.99 Å². The highest BCUT2D eigenvalue weighted by Gasteiger charge is 2.07. The largest absolute Gasteiger partial charge is 0.443 e. The summed E-state index contributed by atoms with van der Waals surface area (Å²) in [7, 11) is 0. The summed E-state index contributed by atoms with van der Waals surface area (Å²) in [6.45, 7) is 2.11. The standard InChI is InChI=1S/C19H22N4O3/c1-13(20)18(24)22-11-14-7-9-16(10-8-14)17(21)23-19(25)26-12-15-5-3-2-4-6-15/h2-10,13H,11-12,20H2,1H3,(H,22,24)(H2,21,23,25). The Morgan fingerprint density at radius 1 is 1.08 bits per heavy atom. The normalized spacial score (nSPS) is 12.3. The molecule has 7 heteroatoms. The van der Waals surface area contributed by atoms with E-state index in [4.69, 9.17) is 16.2 Å². The van der Waals surface area contributed by atoms with E-state index in [2.05, 4.69) is 10.3 Å². The highest BCUT2D eigenvalue weighted by molar-refractivity contribution is 6.02. The van der Waals surface area contributed by atoms with Crippen LogP contribution in [0, 0.1) is 0 Å². The van der Waals surface area contributed by atoms with Gasteiger partial charge in [-0.15, -0.1) is 0 Å². The van der Waals surface area contributed by atoms with Gasteiger partial charge in [-0.1, -0.05) is 54.6 Å². The second-order valence-corrected chi connectivity index (χ2v) is 5.74. The molecule has 5 N–H and O–H groups in total. The topological polar surface area (TPSA) is 120 Å². The molecule has 0 aliphatic carbocycles. The molecule has 0 spiro atoms. The van der Waals surface area contributed by atoms with E-state index >= 15 is 0 Å². The third kappa shape index (κ3) is 6.03. The van der Waals surface area contributed by atoms with Gasteiger partial charge in [-0.3, -0.25) is 4.79 Å². The first-order valence-electron chi connectivity index (χ1n) is 8.13. The summed E-state index contributed by atoms with van der Waals surface area (Å²) >= 11 is 0. The van der Waals surface area contributed by atoms with Gasteiger partial charge < -0.3 is 21.5 Å². The molecule has 136 valence electrons. The second-order valence-electron chi connectivity index (χ2n) is 5.74. The summed E-state index contributed by atoms with van der Waals surface area (Å²) in [4.78, 5) is 26.9. The Labute approximate surface area is 152 Å². The van der Waals surface area contributed by atoms with Gasteiger partial charge in [0.25, 0.3) is 0 Å². The maximum absolute atomic E-state index is 11.8. The molecule has 1 atom stereocenters. The van der Waals surface area contributed by atoms with Gasteiger partial charge in [0.1, 0.15) is 12.4 Å². The third-order valence-corrected chi connectivity index (χ3v) is 3.55. The van der Waals surface area contributed by atoms with Crippen LogP contribution in [0.25, 0.3) is 0 Å². The molecule has 2 aromatic carbocycles. The van der Waals surface area contributed by atoms with E-state index in [9.17, 15) is 9.59 Å². The SMILES string of the molecule is CC(N)C(=O)NCc1ccc(C(N)=NC(=O)OCc2ccccc2)cc1. The number of amides is 2. The zero-order chi connectivity index (χ0) is 18.9. The predicted octanol–water partition coefficient (Wildman–Crippen LogP) is 1.69. The number of benzene rings is 2. The van der Waals surface area contributed by atoms with Crippen molar-refractivity contribution in [2.75, 3.05) is 0 Å². The Morgan fingerprint density at radius 3 is 2.35 bits per heavy atom. The summed E-state index contributed by atoms with van der Waals surface area (Å²) in [6, 6.07) is 15.8. The number of nitrogens with one attached hydrogen (secondary N) is 1. The van der Waals surface area contributed by atoms with Crippen LogP contribution in [0.5, 0.6) is 0 Å². The molecule has 0 bridgehead atoms. The number of carbonyl (C=O) groups excluding carboxylic acids is 2. The summed E-state index contributed by atoms with van der Waals surface area (Å²) in [5.41, 5.74) is 13.7. The molecule has 0 aliphatic rings. The zero-order valence-corrected chi connectivity index (χ0v) is 14.5. The first kappa shape index (κ1) is 19.1. The molecule has 0 radical (unpaired) electrons. The van der Waals surface area contributed by atoms with Crippen LogP contribution < -0.4 is 16.8 Å². The fourth-order valence-electron chi connectivity index (χ4n) is 2.06. The number of carbonyl (C=O) groups is 2. The lowest BCUT2D eigenvalue weighted by atomic mass is 10.1. The van der Waals surface area contributed by atoms with Gasteiger partial charge >= 0.3 is 6.09 Å². The highest BCUT2D eigenvalue weighted by Crippen LogP contribution is 2.06. The number of rotatable bonds is 6. The molecule has 0 aliphatic heterocycles. The highest BCUT2D eigenvalue weighted by atomic mass is 16.5. The van der Waals surface area contributed by atoms with Crippen LogP contribution in [0.1, 0.15) is 23.6 Å². The van der Waals surface area contributed by atoms with Crippen molar-refractivity contribution < 1.29 is 14.3 Å². The summed E-state index contributed by atoms with van der Waals surface area (Å²) in [6.07, 6.45) is -0.750. The van der Waals surface area contributed by atoms with Crippen molar-refractivity contribution in [3.63, 3.8) is 0 Å². The van der Waals surface area contributed by atoms with E-state index in [1.807, 2.05) is 30.3 Å². The number of hydrogen-bond donors (Lipinski definition) is 3. The Morgan fingerprint density at radius 2 is 1.73 bits per heavy atom. The van der Waals surface area contributed by atoms with Crippen molar-refractivity contribution in [1.82, 2.24) is 5.32 Å². The fraction of sp³-hybridized carbons (Fsp3) is 0.211. The van der Waals surface area contributed by atoms with Crippen molar-refractivity contribution >= 4 is 17.8 Å². The number of hydrogen-bond acceptors (Lipinski definition) is 4. The molecule has 0 fully saturated rings. The van der Waals surface area contributed by atoms with Crippen LogP contribution in [0.4, 0.5) is 4.79 Å². The lowest BCUT2D eigenvalue weighted by molar-refractivity contribution is -0.122. The molecule has 0 aromatic heterocycles. The van der Waals surface area contributed by atoms with E-state index in [1.54, 1.807) is 31.2 Å². The average Bonchev–Trinajstić information content (AvgIpc) is 2.65. The molecule has 26 heavy (non-hydrogen) atoms. The number of ether oxygens (including phenoxy) is 1. The lowest BCUT2D eigenvalue weighted by Crippen LogP contribution is -2.37. The first-order valence-corrected chi connectivity index (χ1v) is 8.13. The molecule has 7 nitrogen and oxygen atoms in total. The number of nitrogens with two attached hydrogens (primary N) is 2. The molecule has 1 unspecified atom stereocenters. The number of amidine groups is 1. The third-order valence-electron chi connectivity index (χ3n) is 3.55. The van der Waals surface area contributed by atoms with Gasteiger partial charge in [0.15, 0.2) is 0 Å².